The van der Waals surface area contributed by atoms with Crippen LogP contribution in [0.3, 0.4) is 0 Å². The van der Waals surface area contributed by atoms with Gasteiger partial charge < -0.3 is 10.2 Å². The first kappa shape index (κ1) is 20.1. The predicted octanol–water partition coefficient (Wildman–Crippen LogP) is 4.75. The Bertz CT molecular complexity index is 672. The van der Waals surface area contributed by atoms with Crippen molar-refractivity contribution >= 4 is 11.5 Å². The van der Waals surface area contributed by atoms with Crippen molar-refractivity contribution in [1.82, 2.24) is 5.32 Å². The van der Waals surface area contributed by atoms with Crippen molar-refractivity contribution < 1.29 is 9.63 Å². The topological polar surface area (TPSA) is 50.7 Å². The van der Waals surface area contributed by atoms with E-state index in [1.54, 1.807) is 0 Å². The van der Waals surface area contributed by atoms with Crippen molar-refractivity contribution in [3.8, 4) is 0 Å². The molecule has 6 atom stereocenters. The number of Topliss-reactive ketones (excluding diaryl/α,β-unsaturated/α-hetero) is 1. The van der Waals surface area contributed by atoms with Crippen LogP contribution in [0.15, 0.2) is 17.3 Å². The van der Waals surface area contributed by atoms with Gasteiger partial charge in [0.05, 0.1) is 5.71 Å². The van der Waals surface area contributed by atoms with Gasteiger partial charge in [-0.2, -0.15) is 0 Å². The van der Waals surface area contributed by atoms with E-state index in [1.807, 2.05) is 7.05 Å². The number of allylic oxidation sites excluding steroid dienone is 1. The largest absolute Gasteiger partial charge is 0.396 e. The van der Waals surface area contributed by atoms with Gasteiger partial charge >= 0.3 is 0 Å². The van der Waals surface area contributed by atoms with Crippen molar-refractivity contribution in [1.29, 1.82) is 0 Å². The number of oxime groups is 1. The monoisotopic (exact) mass is 386 g/mol. The van der Waals surface area contributed by atoms with Gasteiger partial charge in [-0.15, -0.1) is 0 Å². The molecule has 4 rings (SSSR count). The van der Waals surface area contributed by atoms with E-state index in [0.717, 1.165) is 57.4 Å². The van der Waals surface area contributed by atoms with E-state index in [2.05, 4.69) is 30.9 Å². The number of nitrogens with one attached hydrogen (secondary N) is 1. The summed E-state index contributed by atoms with van der Waals surface area (Å²) < 4.78 is 0. The summed E-state index contributed by atoms with van der Waals surface area (Å²) in [5.74, 6) is 3.05. The van der Waals surface area contributed by atoms with Crippen LogP contribution in [0.4, 0.5) is 0 Å². The molecule has 0 amide bonds. The normalized spacial score (nSPS) is 44.2. The number of carbonyl (C=O) groups excluding carboxylic acids is 1. The molecule has 0 aromatic heterocycles. The Morgan fingerprint density at radius 1 is 1.18 bits per heavy atom. The van der Waals surface area contributed by atoms with Crippen molar-refractivity contribution in [2.45, 2.75) is 71.6 Å². The Morgan fingerprint density at radius 3 is 2.79 bits per heavy atom. The number of rotatable bonds is 5. The van der Waals surface area contributed by atoms with Crippen LogP contribution in [0.2, 0.25) is 0 Å². The zero-order valence-electron chi connectivity index (χ0n) is 18.1. The first-order valence-corrected chi connectivity index (χ1v) is 11.4. The highest BCUT2D eigenvalue weighted by atomic mass is 16.6. The van der Waals surface area contributed by atoms with Crippen molar-refractivity contribution in [2.24, 2.45) is 39.7 Å². The maximum absolute atomic E-state index is 12.6. The highest BCUT2D eigenvalue weighted by Gasteiger charge is 2.60. The number of nitrogens with zero attached hydrogens (tertiary/aromatic N) is 1. The lowest BCUT2D eigenvalue weighted by molar-refractivity contribution is -0.134. The van der Waals surface area contributed by atoms with Gasteiger partial charge in [-0.3, -0.25) is 4.79 Å². The third-order valence-corrected chi connectivity index (χ3v) is 9.03. The molecule has 156 valence electrons. The lowest BCUT2D eigenvalue weighted by Crippen LogP contribution is -2.54. The molecule has 0 spiro atoms. The quantitative estimate of drug-likeness (QED) is 0.421. The molecular weight excluding hydrogens is 348 g/mol. The lowest BCUT2D eigenvalue weighted by Gasteiger charge is -2.60. The first-order chi connectivity index (χ1) is 13.4. The van der Waals surface area contributed by atoms with Gasteiger partial charge in [0.25, 0.3) is 0 Å². The Morgan fingerprint density at radius 2 is 2.00 bits per heavy atom. The summed E-state index contributed by atoms with van der Waals surface area (Å²) in [5, 5.41) is 7.63. The van der Waals surface area contributed by atoms with Gasteiger partial charge in [0, 0.05) is 11.8 Å². The molecule has 0 aliphatic heterocycles. The van der Waals surface area contributed by atoms with E-state index in [-0.39, 0.29) is 5.41 Å². The minimum Gasteiger partial charge on any atom is -0.396 e. The van der Waals surface area contributed by atoms with E-state index in [1.165, 1.54) is 24.1 Å². The summed E-state index contributed by atoms with van der Waals surface area (Å²) in [7, 11) is 1.96. The Labute approximate surface area is 170 Å². The minimum absolute atomic E-state index is 0.0485. The summed E-state index contributed by atoms with van der Waals surface area (Å²) in [6, 6.07) is 0. The minimum atomic E-state index is -0.0485. The van der Waals surface area contributed by atoms with Crippen molar-refractivity contribution in [3.63, 3.8) is 0 Å². The molecule has 4 aliphatic rings. The molecule has 1 N–H and O–H groups in total. The van der Waals surface area contributed by atoms with Gasteiger partial charge in [0.1, 0.15) is 12.4 Å². The van der Waals surface area contributed by atoms with Gasteiger partial charge in [0.2, 0.25) is 0 Å². The van der Waals surface area contributed by atoms with Crippen molar-refractivity contribution in [2.75, 3.05) is 20.2 Å². The van der Waals surface area contributed by atoms with Crippen LogP contribution in [-0.4, -0.2) is 31.7 Å². The maximum Gasteiger partial charge on any atom is 0.139 e. The second kappa shape index (κ2) is 7.59. The van der Waals surface area contributed by atoms with Gasteiger partial charge in [0.15, 0.2) is 0 Å². The fourth-order valence-electron chi connectivity index (χ4n) is 7.35. The molecule has 0 saturated heterocycles. The average Bonchev–Trinajstić information content (AvgIpc) is 2.98. The number of hydrogen-bond donors (Lipinski definition) is 1. The third-order valence-electron chi connectivity index (χ3n) is 9.03. The highest BCUT2D eigenvalue weighted by Crippen LogP contribution is 2.66. The average molecular weight is 387 g/mol. The fourth-order valence-corrected chi connectivity index (χ4v) is 7.35. The molecule has 4 fully saturated rings. The van der Waals surface area contributed by atoms with E-state index in [0.29, 0.717) is 35.6 Å². The first-order valence-electron chi connectivity index (χ1n) is 11.4. The Balaban J connectivity index is 1.48. The van der Waals surface area contributed by atoms with Crippen LogP contribution in [0.25, 0.3) is 0 Å². The van der Waals surface area contributed by atoms with Crippen LogP contribution in [0.1, 0.15) is 71.6 Å². The zero-order valence-corrected chi connectivity index (χ0v) is 18.1. The summed E-state index contributed by atoms with van der Waals surface area (Å²) in [4.78, 5) is 18.2. The molecule has 0 heterocycles. The van der Waals surface area contributed by atoms with E-state index in [4.69, 9.17) is 4.84 Å². The molecule has 0 aromatic rings. The molecule has 0 unspecified atom stereocenters. The van der Waals surface area contributed by atoms with Gasteiger partial charge in [-0.05, 0) is 94.0 Å². The number of hydrogen-bond acceptors (Lipinski definition) is 4. The summed E-state index contributed by atoms with van der Waals surface area (Å²) in [5.41, 5.74) is 2.91. The molecule has 4 heteroatoms. The lowest BCUT2D eigenvalue weighted by atomic mass is 9.44. The molecule has 0 aromatic carbocycles. The van der Waals surface area contributed by atoms with Gasteiger partial charge in [-0.25, -0.2) is 0 Å². The standard InChI is InChI=1S/C24H38N2O2/c1-16-14-18-19-6-7-22(27)24(19,3)11-9-20(18)23(2)10-8-17(15-21(16)23)26-28-13-5-12-25-4/h18-21,25H,1,5-15H2,2-4H3/t18-,19-,20-,21+,23+,24-/m0/s1. The number of ketones is 1. The summed E-state index contributed by atoms with van der Waals surface area (Å²) >= 11 is 0. The second-order valence-electron chi connectivity index (χ2n) is 10.4. The second-order valence-corrected chi connectivity index (χ2v) is 10.4. The molecular formula is C24H38N2O2. The van der Waals surface area contributed by atoms with E-state index < -0.39 is 0 Å². The van der Waals surface area contributed by atoms with Gasteiger partial charge in [-0.1, -0.05) is 31.2 Å². The summed E-state index contributed by atoms with van der Waals surface area (Å²) in [6.45, 7) is 11.0. The zero-order chi connectivity index (χ0) is 19.9. The molecule has 4 saturated carbocycles. The Kier molecular flexibility index (Phi) is 5.45. The van der Waals surface area contributed by atoms with E-state index in [9.17, 15) is 4.79 Å². The van der Waals surface area contributed by atoms with Crippen LogP contribution >= 0.6 is 0 Å². The van der Waals surface area contributed by atoms with Crippen LogP contribution in [0.5, 0.6) is 0 Å². The molecule has 4 aliphatic carbocycles. The molecule has 0 radical (unpaired) electrons. The van der Waals surface area contributed by atoms with Crippen molar-refractivity contribution in [3.05, 3.63) is 12.2 Å². The summed E-state index contributed by atoms with van der Waals surface area (Å²) in [6.07, 6.45) is 9.60. The van der Waals surface area contributed by atoms with Crippen LogP contribution in [-0.2, 0) is 9.63 Å². The smallest absolute Gasteiger partial charge is 0.139 e. The molecule has 28 heavy (non-hydrogen) atoms. The molecule has 0 bridgehead atoms. The molecule has 4 nitrogen and oxygen atoms in total. The maximum atomic E-state index is 12.6. The van der Waals surface area contributed by atoms with Crippen LogP contribution in [0, 0.1) is 34.5 Å². The predicted molar refractivity (Wildman–Crippen MR) is 113 cm³/mol. The number of carbonyl (C=O) groups is 1. The SMILES string of the molecule is C=C1C[C@@H]2[C@H](CC[C@]3(C)C(=O)CC[C@@H]23)[C@@]2(C)CCC(=NOCCCNC)C[C@H]12. The third kappa shape index (κ3) is 3.16. The van der Waals surface area contributed by atoms with E-state index >= 15 is 0 Å². The Hall–Kier alpha value is -1.16. The van der Waals surface area contributed by atoms with Crippen LogP contribution < -0.4 is 5.32 Å². The highest BCUT2D eigenvalue weighted by molar-refractivity contribution is 5.87. The fraction of sp³-hybridized carbons (Fsp3) is 0.833. The number of fused-ring (bicyclic) bond motifs is 5.